The van der Waals surface area contributed by atoms with Gasteiger partial charge < -0.3 is 4.90 Å². The van der Waals surface area contributed by atoms with Gasteiger partial charge in [-0.05, 0) is 123 Å². The molecule has 0 bridgehead atoms. The molecule has 2 aliphatic rings. The smallest absolute Gasteiger partial charge is 0.206 e. The molecule has 1 spiro atoms. The average Bonchev–Trinajstić information content (AvgIpc) is 3.89. The lowest BCUT2D eigenvalue weighted by atomic mass is 9.65. The van der Waals surface area contributed by atoms with Gasteiger partial charge in [0.1, 0.15) is 0 Å². The van der Waals surface area contributed by atoms with Crippen LogP contribution in [0.5, 0.6) is 0 Å². The van der Waals surface area contributed by atoms with Crippen molar-refractivity contribution in [1.82, 2.24) is 4.98 Å². The van der Waals surface area contributed by atoms with Crippen LogP contribution in [0.2, 0.25) is 0 Å². The minimum Gasteiger partial charge on any atom is -0.310 e. The second-order valence-electron chi connectivity index (χ2n) is 12.4. The van der Waals surface area contributed by atoms with Gasteiger partial charge >= 0.3 is 0 Å². The van der Waals surface area contributed by atoms with Gasteiger partial charge in [0.05, 0.1) is 32.3 Å². The third-order valence-corrected chi connectivity index (χ3v) is 13.7. The second kappa shape index (κ2) is 10.6. The molecule has 0 fully saturated rings. The molecule has 1 aliphatic carbocycles. The first-order chi connectivity index (χ1) is 24.0. The van der Waals surface area contributed by atoms with E-state index in [4.69, 9.17) is 0 Å². The topological polar surface area (TPSA) is 50.3 Å². The highest BCUT2D eigenvalue weighted by molar-refractivity contribution is 7.91. The van der Waals surface area contributed by atoms with Gasteiger partial charge in [0.25, 0.3) is 0 Å². The maximum atomic E-state index is 13.8. The van der Waals surface area contributed by atoms with Crippen LogP contribution in [-0.4, -0.2) is 13.4 Å². The van der Waals surface area contributed by atoms with Gasteiger partial charge in [-0.1, -0.05) is 60.7 Å². The summed E-state index contributed by atoms with van der Waals surface area (Å²) in [6, 6.07) is 46.5. The van der Waals surface area contributed by atoms with Crippen LogP contribution in [-0.2, 0) is 15.3 Å². The summed E-state index contributed by atoms with van der Waals surface area (Å²) in [7, 11) is -3.74. The Kier molecular flexibility index (Phi) is 6.19. The van der Waals surface area contributed by atoms with E-state index in [1.54, 1.807) is 30.5 Å². The number of nitrogens with zero attached hydrogens (tertiary/aromatic N) is 2. The van der Waals surface area contributed by atoms with E-state index in [2.05, 4.69) is 93.4 Å². The zero-order valence-corrected chi connectivity index (χ0v) is 28.4. The molecule has 0 saturated heterocycles. The highest BCUT2D eigenvalue weighted by Crippen LogP contribution is 2.65. The minimum absolute atomic E-state index is 0.251. The normalized spacial score (nSPS) is 14.0. The van der Waals surface area contributed by atoms with Crippen LogP contribution < -0.4 is 4.90 Å². The van der Waals surface area contributed by atoms with Crippen LogP contribution in [0, 0.1) is 0 Å². The maximum Gasteiger partial charge on any atom is 0.206 e. The first-order valence-electron chi connectivity index (χ1n) is 16.0. The molecule has 4 nitrogen and oxygen atoms in total. The van der Waals surface area contributed by atoms with E-state index in [-0.39, 0.29) is 9.79 Å². The number of benzene rings is 5. The van der Waals surface area contributed by atoms with Crippen LogP contribution in [0.25, 0.3) is 31.8 Å². The van der Waals surface area contributed by atoms with Gasteiger partial charge in [0.15, 0.2) is 0 Å². The Morgan fingerprint density at radius 3 is 1.84 bits per heavy atom. The van der Waals surface area contributed by atoms with E-state index in [0.717, 1.165) is 33.7 Å². The number of rotatable bonds is 4. The Morgan fingerprint density at radius 2 is 1.16 bits per heavy atom. The molecule has 0 radical (unpaired) electrons. The highest BCUT2D eigenvalue weighted by Gasteiger charge is 2.53. The van der Waals surface area contributed by atoms with E-state index in [9.17, 15) is 8.42 Å². The fraction of sp³-hybridized carbons (Fsp3) is 0.0238. The van der Waals surface area contributed by atoms with Crippen molar-refractivity contribution in [3.63, 3.8) is 0 Å². The Morgan fingerprint density at radius 1 is 0.551 bits per heavy atom. The molecule has 10 rings (SSSR count). The summed E-state index contributed by atoms with van der Waals surface area (Å²) in [5.41, 5.74) is 9.41. The number of hydrogen-bond donors (Lipinski definition) is 0. The van der Waals surface area contributed by atoms with Gasteiger partial charge in [-0.25, -0.2) is 8.42 Å². The first kappa shape index (κ1) is 28.7. The lowest BCUT2D eigenvalue weighted by Gasteiger charge is -2.44. The Hall–Kier alpha value is -5.34. The van der Waals surface area contributed by atoms with Gasteiger partial charge in [0.2, 0.25) is 9.84 Å². The van der Waals surface area contributed by atoms with Crippen LogP contribution in [0.15, 0.2) is 166 Å². The largest absolute Gasteiger partial charge is 0.310 e. The number of pyridine rings is 1. The molecule has 0 unspecified atom stereocenters. The summed E-state index contributed by atoms with van der Waals surface area (Å²) >= 11 is 3.63. The van der Waals surface area contributed by atoms with Crippen molar-refractivity contribution in [3.8, 4) is 21.0 Å². The molecule has 49 heavy (non-hydrogen) atoms. The number of fused-ring (bicyclic) bond motifs is 10. The van der Waals surface area contributed by atoms with Crippen LogP contribution >= 0.6 is 22.7 Å². The molecule has 0 amide bonds. The number of aromatic nitrogens is 1. The van der Waals surface area contributed by atoms with Gasteiger partial charge in [-0.2, -0.15) is 0 Å². The first-order valence-corrected chi connectivity index (χ1v) is 19.3. The van der Waals surface area contributed by atoms with Crippen LogP contribution in [0.1, 0.15) is 22.3 Å². The number of para-hydroxylation sites is 1. The summed E-state index contributed by atoms with van der Waals surface area (Å²) in [6.45, 7) is 0. The molecule has 0 N–H and O–H groups in total. The van der Waals surface area contributed by atoms with E-state index in [0.29, 0.717) is 0 Å². The Bertz CT molecular complexity index is 2640. The number of anilines is 3. The monoisotopic (exact) mass is 686 g/mol. The predicted molar refractivity (Wildman–Crippen MR) is 200 cm³/mol. The zero-order valence-electron chi connectivity index (χ0n) is 25.9. The van der Waals surface area contributed by atoms with E-state index in [1.807, 2.05) is 65.1 Å². The fourth-order valence-corrected chi connectivity index (χ4v) is 11.1. The lowest BCUT2D eigenvalue weighted by Crippen LogP contribution is -2.35. The van der Waals surface area contributed by atoms with Crippen molar-refractivity contribution in [2.75, 3.05) is 4.90 Å². The molecular formula is C42H26N2O2S3. The molecule has 0 saturated carbocycles. The van der Waals surface area contributed by atoms with Crippen molar-refractivity contribution in [3.05, 3.63) is 179 Å². The number of hydrogen-bond acceptors (Lipinski definition) is 6. The molecule has 234 valence electrons. The number of thiophene rings is 2. The predicted octanol–water partition coefficient (Wildman–Crippen LogP) is 11.0. The molecule has 7 heteroatoms. The van der Waals surface area contributed by atoms with Crippen molar-refractivity contribution < 1.29 is 8.42 Å². The van der Waals surface area contributed by atoms with Crippen LogP contribution in [0.4, 0.5) is 17.1 Å². The lowest BCUT2D eigenvalue weighted by molar-refractivity contribution is 0.596. The van der Waals surface area contributed by atoms with E-state index >= 15 is 0 Å². The van der Waals surface area contributed by atoms with Crippen molar-refractivity contribution in [1.29, 1.82) is 0 Å². The zero-order chi connectivity index (χ0) is 32.7. The molecule has 0 atom stereocenters. The number of sulfone groups is 1. The van der Waals surface area contributed by atoms with Crippen molar-refractivity contribution in [2.45, 2.75) is 15.2 Å². The third kappa shape index (κ3) is 4.01. The molecular weight excluding hydrogens is 661 g/mol. The van der Waals surface area contributed by atoms with Crippen molar-refractivity contribution in [2.24, 2.45) is 0 Å². The Labute approximate surface area is 292 Å². The van der Waals surface area contributed by atoms with Gasteiger partial charge in [-0.3, -0.25) is 4.98 Å². The highest BCUT2D eigenvalue weighted by atomic mass is 32.2. The molecule has 5 aromatic carbocycles. The van der Waals surface area contributed by atoms with E-state index in [1.165, 1.54) is 37.4 Å². The summed E-state index contributed by atoms with van der Waals surface area (Å²) in [5, 5.41) is 6.78. The van der Waals surface area contributed by atoms with Gasteiger partial charge in [0, 0.05) is 27.2 Å². The molecule has 1 aliphatic heterocycles. The fourth-order valence-electron chi connectivity index (χ4n) is 7.79. The molecule has 8 aromatic rings. The SMILES string of the molecule is O=S(=O)(c1ccc(-c2ccccn2)cc1)c1ccc(N2c3ccccc3C3(c4cc5ccccc5cc42)c2ccsc2-c2sccc23)cc1. The third-order valence-electron chi connectivity index (χ3n) is 9.93. The summed E-state index contributed by atoms with van der Waals surface area (Å²) in [6.07, 6.45) is 1.73. The summed E-state index contributed by atoms with van der Waals surface area (Å²) in [4.78, 5) is 9.88. The van der Waals surface area contributed by atoms with Gasteiger partial charge in [-0.15, -0.1) is 22.7 Å². The minimum atomic E-state index is -3.74. The summed E-state index contributed by atoms with van der Waals surface area (Å²) < 4.78 is 27.7. The second-order valence-corrected chi connectivity index (χ2v) is 16.2. The molecule has 3 aromatic heterocycles. The maximum absolute atomic E-state index is 13.8. The average molecular weight is 687 g/mol. The van der Waals surface area contributed by atoms with Crippen molar-refractivity contribution >= 4 is 60.3 Å². The molecule has 4 heterocycles. The van der Waals surface area contributed by atoms with E-state index < -0.39 is 15.3 Å². The quantitative estimate of drug-likeness (QED) is 0.185. The standard InChI is InChI=1S/C42H26N2O2S3/c45-49(46,31-16-12-27(13-17-31)37-10-5-6-22-43-37)32-18-14-30(15-19-32)44-38-11-4-3-9-33(38)42(34-20-23-47-40(34)41-35(42)21-24-48-41)36-25-28-7-1-2-8-29(28)26-39(36)44/h1-26H. The summed E-state index contributed by atoms with van der Waals surface area (Å²) in [5.74, 6) is 0. The Balaban J connectivity index is 1.13. The van der Waals surface area contributed by atoms with Crippen LogP contribution in [0.3, 0.4) is 0 Å².